The molecule has 2 heterocycles. The maximum Gasteiger partial charge on any atom is 0.359 e. The van der Waals surface area contributed by atoms with E-state index in [1.54, 1.807) is 6.92 Å². The van der Waals surface area contributed by atoms with Gasteiger partial charge < -0.3 is 14.6 Å². The Labute approximate surface area is 190 Å². The number of rotatable bonds is 5. The number of hydrogen-bond acceptors (Lipinski definition) is 5. The second kappa shape index (κ2) is 8.50. The lowest BCUT2D eigenvalue weighted by Crippen LogP contribution is -2.64. The molecule has 170 valence electrons. The van der Waals surface area contributed by atoms with Crippen LogP contribution in [0, 0.1) is 12.7 Å². The molecule has 2 amide bonds. The van der Waals surface area contributed by atoms with E-state index in [0.717, 1.165) is 11.1 Å². The van der Waals surface area contributed by atoms with Crippen molar-refractivity contribution in [3.8, 4) is 0 Å². The Hall–Kier alpha value is -4.01. The SMILES string of the molecule is COC(=O)c1ncn2c1C(=O)N(c1ccc(F)cc1)C(C)(C(=O)NCc1ccc(C)cc1)C2. The van der Waals surface area contributed by atoms with E-state index in [2.05, 4.69) is 10.3 Å². The van der Waals surface area contributed by atoms with Crippen LogP contribution in [0.3, 0.4) is 0 Å². The molecule has 0 radical (unpaired) electrons. The molecule has 0 spiro atoms. The minimum Gasteiger partial charge on any atom is -0.464 e. The third kappa shape index (κ3) is 3.97. The van der Waals surface area contributed by atoms with Gasteiger partial charge in [-0.1, -0.05) is 29.8 Å². The maximum absolute atomic E-state index is 13.6. The van der Waals surface area contributed by atoms with Crippen LogP contribution in [0.4, 0.5) is 10.1 Å². The van der Waals surface area contributed by atoms with Crippen molar-refractivity contribution in [2.45, 2.75) is 32.5 Å². The van der Waals surface area contributed by atoms with Crippen molar-refractivity contribution in [3.05, 3.63) is 83.2 Å². The molecule has 0 saturated heterocycles. The van der Waals surface area contributed by atoms with Crippen molar-refractivity contribution in [2.24, 2.45) is 0 Å². The molecule has 4 rings (SSSR count). The number of ether oxygens (including phenoxy) is 1. The highest BCUT2D eigenvalue weighted by Gasteiger charge is 2.49. The summed E-state index contributed by atoms with van der Waals surface area (Å²) in [5.41, 5.74) is 0.820. The van der Waals surface area contributed by atoms with E-state index < -0.39 is 29.1 Å². The third-order valence-corrected chi connectivity index (χ3v) is 5.74. The number of esters is 1. The molecular formula is C24H23FN4O4. The Morgan fingerprint density at radius 2 is 1.82 bits per heavy atom. The van der Waals surface area contributed by atoms with E-state index in [1.807, 2.05) is 31.2 Å². The topological polar surface area (TPSA) is 93.5 Å². The van der Waals surface area contributed by atoms with Crippen molar-refractivity contribution < 1.29 is 23.5 Å². The van der Waals surface area contributed by atoms with Crippen LogP contribution in [0.2, 0.25) is 0 Å². The molecule has 0 fully saturated rings. The number of carbonyl (C=O) groups is 3. The first-order chi connectivity index (χ1) is 15.7. The van der Waals surface area contributed by atoms with Crippen LogP contribution >= 0.6 is 0 Å². The highest BCUT2D eigenvalue weighted by Crippen LogP contribution is 2.34. The fraction of sp³-hybridized carbons (Fsp3) is 0.250. The minimum atomic E-state index is -1.37. The van der Waals surface area contributed by atoms with Crippen LogP contribution in [-0.2, 0) is 22.6 Å². The number of carbonyl (C=O) groups excluding carboxylic acids is 3. The minimum absolute atomic E-state index is 0.00924. The second-order valence-corrected chi connectivity index (χ2v) is 8.12. The predicted molar refractivity (Wildman–Crippen MR) is 118 cm³/mol. The first-order valence-corrected chi connectivity index (χ1v) is 10.3. The molecule has 33 heavy (non-hydrogen) atoms. The lowest BCUT2D eigenvalue weighted by Gasteiger charge is -2.43. The molecule has 2 aromatic carbocycles. The average molecular weight is 450 g/mol. The molecule has 1 unspecified atom stereocenters. The number of aryl methyl sites for hydroxylation is 1. The van der Waals surface area contributed by atoms with Gasteiger partial charge in [-0.25, -0.2) is 14.2 Å². The number of amides is 2. The summed E-state index contributed by atoms with van der Waals surface area (Å²) in [6, 6.07) is 13.0. The predicted octanol–water partition coefficient (Wildman–Crippen LogP) is 2.85. The van der Waals surface area contributed by atoms with E-state index >= 15 is 0 Å². The van der Waals surface area contributed by atoms with Crippen LogP contribution in [0.15, 0.2) is 54.9 Å². The number of benzene rings is 2. The molecule has 1 N–H and O–H groups in total. The monoisotopic (exact) mass is 450 g/mol. The molecule has 0 saturated carbocycles. The molecule has 0 bridgehead atoms. The number of imidazole rings is 1. The molecular weight excluding hydrogens is 427 g/mol. The second-order valence-electron chi connectivity index (χ2n) is 8.12. The Balaban J connectivity index is 1.73. The van der Waals surface area contributed by atoms with E-state index in [4.69, 9.17) is 4.74 Å². The molecule has 1 aliphatic heterocycles. The summed E-state index contributed by atoms with van der Waals surface area (Å²) in [7, 11) is 1.20. The van der Waals surface area contributed by atoms with Gasteiger partial charge in [0.1, 0.15) is 17.1 Å². The first kappa shape index (κ1) is 22.2. The van der Waals surface area contributed by atoms with Gasteiger partial charge in [0.2, 0.25) is 5.91 Å². The normalized spacial score (nSPS) is 17.5. The number of nitrogens with one attached hydrogen (secondary N) is 1. The van der Waals surface area contributed by atoms with E-state index in [1.165, 1.54) is 47.2 Å². The van der Waals surface area contributed by atoms with E-state index in [9.17, 15) is 18.8 Å². The Morgan fingerprint density at radius 1 is 1.15 bits per heavy atom. The van der Waals surface area contributed by atoms with Crippen LogP contribution < -0.4 is 10.2 Å². The van der Waals surface area contributed by atoms with Gasteiger partial charge in [0.15, 0.2) is 5.69 Å². The molecule has 3 aromatic rings. The lowest BCUT2D eigenvalue weighted by atomic mass is 9.93. The van der Waals surface area contributed by atoms with Crippen molar-refractivity contribution in [1.29, 1.82) is 0 Å². The summed E-state index contributed by atoms with van der Waals surface area (Å²) in [4.78, 5) is 44.6. The van der Waals surface area contributed by atoms with Gasteiger partial charge >= 0.3 is 5.97 Å². The highest BCUT2D eigenvalue weighted by atomic mass is 19.1. The Bertz CT molecular complexity index is 1220. The summed E-state index contributed by atoms with van der Waals surface area (Å²) in [6.07, 6.45) is 1.34. The summed E-state index contributed by atoms with van der Waals surface area (Å²) >= 11 is 0. The number of fused-ring (bicyclic) bond motifs is 1. The van der Waals surface area contributed by atoms with Gasteiger partial charge in [-0.05, 0) is 43.7 Å². The Morgan fingerprint density at radius 3 is 2.45 bits per heavy atom. The van der Waals surface area contributed by atoms with E-state index in [-0.39, 0.29) is 24.5 Å². The zero-order valence-corrected chi connectivity index (χ0v) is 18.5. The molecule has 9 heteroatoms. The van der Waals surface area contributed by atoms with Crippen molar-refractivity contribution in [1.82, 2.24) is 14.9 Å². The smallest absolute Gasteiger partial charge is 0.359 e. The number of hydrogen-bond donors (Lipinski definition) is 1. The average Bonchev–Trinajstić information content (AvgIpc) is 3.23. The summed E-state index contributed by atoms with van der Waals surface area (Å²) in [6.45, 7) is 3.90. The zero-order chi connectivity index (χ0) is 23.8. The standard InChI is InChI=1S/C24H23FN4O4/c1-15-4-6-16(7-5-15)12-26-23(32)24(2)13-28-14-27-19(22(31)33-3)20(28)21(30)29(24)18-10-8-17(25)9-11-18/h4-11,14H,12-13H2,1-3H3,(H,26,32). The summed E-state index contributed by atoms with van der Waals surface area (Å²) in [5, 5.41) is 2.90. The summed E-state index contributed by atoms with van der Waals surface area (Å²) in [5.74, 6) is -2.25. The largest absolute Gasteiger partial charge is 0.464 e. The zero-order valence-electron chi connectivity index (χ0n) is 18.5. The molecule has 8 nitrogen and oxygen atoms in total. The van der Waals surface area contributed by atoms with Gasteiger partial charge in [0, 0.05) is 12.2 Å². The van der Waals surface area contributed by atoms with Crippen molar-refractivity contribution in [2.75, 3.05) is 12.0 Å². The third-order valence-electron chi connectivity index (χ3n) is 5.74. The van der Waals surface area contributed by atoms with Crippen molar-refractivity contribution >= 4 is 23.5 Å². The van der Waals surface area contributed by atoms with E-state index in [0.29, 0.717) is 5.69 Å². The Kier molecular flexibility index (Phi) is 5.71. The number of halogens is 1. The lowest BCUT2D eigenvalue weighted by molar-refractivity contribution is -0.126. The first-order valence-electron chi connectivity index (χ1n) is 10.3. The van der Waals surface area contributed by atoms with Gasteiger partial charge in [-0.15, -0.1) is 0 Å². The van der Waals surface area contributed by atoms with Gasteiger partial charge in [0.25, 0.3) is 5.91 Å². The maximum atomic E-state index is 13.6. The number of anilines is 1. The van der Waals surface area contributed by atoms with Gasteiger partial charge in [-0.3, -0.25) is 14.5 Å². The fourth-order valence-corrected chi connectivity index (χ4v) is 3.95. The fourth-order valence-electron chi connectivity index (χ4n) is 3.95. The molecule has 1 aliphatic rings. The number of aromatic nitrogens is 2. The number of nitrogens with zero attached hydrogens (tertiary/aromatic N) is 3. The molecule has 0 aliphatic carbocycles. The summed E-state index contributed by atoms with van der Waals surface area (Å²) < 4.78 is 19.8. The highest BCUT2D eigenvalue weighted by molar-refractivity contribution is 6.15. The molecule has 1 atom stereocenters. The molecule has 1 aromatic heterocycles. The van der Waals surface area contributed by atoms with Crippen LogP contribution in [0.25, 0.3) is 0 Å². The van der Waals surface area contributed by atoms with Gasteiger partial charge in [0.05, 0.1) is 20.0 Å². The quantitative estimate of drug-likeness (QED) is 0.604. The van der Waals surface area contributed by atoms with Crippen LogP contribution in [0.1, 0.15) is 39.0 Å². The van der Waals surface area contributed by atoms with Crippen molar-refractivity contribution in [3.63, 3.8) is 0 Å². The van der Waals surface area contributed by atoms with Gasteiger partial charge in [-0.2, -0.15) is 0 Å². The number of methoxy groups -OCH3 is 1. The van der Waals surface area contributed by atoms with Crippen LogP contribution in [-0.4, -0.2) is 40.0 Å². The van der Waals surface area contributed by atoms with Crippen LogP contribution in [0.5, 0.6) is 0 Å².